The number of aromatic hydroxyl groups is 1. The van der Waals surface area contributed by atoms with E-state index in [4.69, 9.17) is 0 Å². The Hall–Kier alpha value is -1.95. The fourth-order valence-electron chi connectivity index (χ4n) is 1.83. The van der Waals surface area contributed by atoms with E-state index in [2.05, 4.69) is 9.72 Å². The molecule has 0 fully saturated rings. The standard InChI is InChI=1S/C14H15NO4S/c1-19-11(16)7-4-8-20-13-12(17)9-5-2-3-6-10(9)15-14(13)18/h2-3,5-6H,4,7-8H2,1H3,(H2,15,17,18). The number of nitrogens with one attached hydrogen (secondary N) is 1. The molecule has 0 atom stereocenters. The van der Waals surface area contributed by atoms with Crippen molar-refractivity contribution < 1.29 is 14.6 Å². The maximum Gasteiger partial charge on any atom is 0.305 e. The lowest BCUT2D eigenvalue weighted by atomic mass is 10.2. The number of thioether (sulfide) groups is 1. The Morgan fingerprint density at radius 1 is 1.40 bits per heavy atom. The second-order valence-corrected chi connectivity index (χ2v) is 5.31. The molecule has 1 aromatic heterocycles. The van der Waals surface area contributed by atoms with Gasteiger partial charge in [-0.1, -0.05) is 12.1 Å². The van der Waals surface area contributed by atoms with Crippen LogP contribution in [0.25, 0.3) is 10.9 Å². The summed E-state index contributed by atoms with van der Waals surface area (Å²) in [4.78, 5) is 25.9. The van der Waals surface area contributed by atoms with Crippen LogP contribution in [0.2, 0.25) is 0 Å². The van der Waals surface area contributed by atoms with E-state index in [1.165, 1.54) is 18.9 Å². The molecule has 0 amide bonds. The van der Waals surface area contributed by atoms with Crippen LogP contribution in [0.5, 0.6) is 5.75 Å². The molecule has 0 aliphatic heterocycles. The first-order valence-electron chi connectivity index (χ1n) is 6.17. The van der Waals surface area contributed by atoms with Crippen LogP contribution in [0, 0.1) is 0 Å². The predicted molar refractivity (Wildman–Crippen MR) is 78.2 cm³/mol. The Bertz CT molecular complexity index is 680. The number of pyridine rings is 1. The van der Waals surface area contributed by atoms with E-state index in [9.17, 15) is 14.7 Å². The van der Waals surface area contributed by atoms with Crippen LogP contribution >= 0.6 is 11.8 Å². The number of benzene rings is 1. The van der Waals surface area contributed by atoms with Crippen molar-refractivity contribution in [1.29, 1.82) is 0 Å². The highest BCUT2D eigenvalue weighted by Crippen LogP contribution is 2.31. The highest BCUT2D eigenvalue weighted by atomic mass is 32.2. The minimum atomic E-state index is -0.315. The first kappa shape index (κ1) is 14.5. The molecule has 106 valence electrons. The molecule has 0 aliphatic rings. The number of ether oxygens (including phenoxy) is 1. The number of methoxy groups -OCH3 is 1. The van der Waals surface area contributed by atoms with Crippen LogP contribution in [0.3, 0.4) is 0 Å². The summed E-state index contributed by atoms with van der Waals surface area (Å²) in [5.41, 5.74) is 0.290. The molecule has 0 radical (unpaired) electrons. The number of aromatic amines is 1. The molecular weight excluding hydrogens is 278 g/mol. The number of rotatable bonds is 5. The third kappa shape index (κ3) is 3.14. The van der Waals surface area contributed by atoms with Crippen LogP contribution < -0.4 is 5.56 Å². The van der Waals surface area contributed by atoms with Crippen LogP contribution in [0.4, 0.5) is 0 Å². The van der Waals surface area contributed by atoms with E-state index in [0.29, 0.717) is 29.5 Å². The summed E-state index contributed by atoms with van der Waals surface area (Å²) >= 11 is 1.24. The number of aromatic nitrogens is 1. The van der Waals surface area contributed by atoms with Crippen molar-refractivity contribution in [3.8, 4) is 5.75 Å². The molecule has 0 spiro atoms. The van der Waals surface area contributed by atoms with Gasteiger partial charge in [-0.3, -0.25) is 9.59 Å². The molecule has 0 aliphatic carbocycles. The summed E-state index contributed by atoms with van der Waals surface area (Å²) in [6.45, 7) is 0. The van der Waals surface area contributed by atoms with Crippen LogP contribution in [-0.4, -0.2) is 28.9 Å². The average molecular weight is 293 g/mol. The molecule has 0 saturated heterocycles. The third-order valence-corrected chi connectivity index (χ3v) is 4.01. The molecule has 2 N–H and O–H groups in total. The monoisotopic (exact) mass is 293 g/mol. The smallest absolute Gasteiger partial charge is 0.305 e. The summed E-state index contributed by atoms with van der Waals surface area (Å²) in [5.74, 6) is 0.277. The Morgan fingerprint density at radius 3 is 2.90 bits per heavy atom. The van der Waals surface area contributed by atoms with Crippen molar-refractivity contribution >= 4 is 28.6 Å². The van der Waals surface area contributed by atoms with Gasteiger partial charge in [0.15, 0.2) is 0 Å². The first-order chi connectivity index (χ1) is 9.63. The summed E-state index contributed by atoms with van der Waals surface area (Å²) in [6, 6.07) is 7.08. The van der Waals surface area contributed by atoms with Crippen molar-refractivity contribution in [3.05, 3.63) is 34.6 Å². The number of para-hydroxylation sites is 1. The third-order valence-electron chi connectivity index (χ3n) is 2.85. The van der Waals surface area contributed by atoms with Gasteiger partial charge in [-0.05, 0) is 24.3 Å². The lowest BCUT2D eigenvalue weighted by Crippen LogP contribution is -2.09. The topological polar surface area (TPSA) is 79.4 Å². The Labute approximate surface area is 120 Å². The number of H-pyrrole nitrogens is 1. The van der Waals surface area contributed by atoms with E-state index in [0.717, 1.165) is 0 Å². The molecule has 0 bridgehead atoms. The maximum atomic E-state index is 11.9. The molecule has 5 nitrogen and oxygen atoms in total. The van der Waals surface area contributed by atoms with E-state index < -0.39 is 0 Å². The Morgan fingerprint density at radius 2 is 2.15 bits per heavy atom. The quantitative estimate of drug-likeness (QED) is 0.502. The number of hydrogen-bond donors (Lipinski definition) is 2. The van der Waals surface area contributed by atoms with Gasteiger partial charge in [0.25, 0.3) is 5.56 Å². The molecule has 1 aromatic carbocycles. The SMILES string of the molecule is COC(=O)CCCSc1c(O)c2ccccc2[nH]c1=O. The zero-order valence-corrected chi connectivity index (χ0v) is 11.8. The second kappa shape index (κ2) is 6.47. The number of esters is 1. The number of hydrogen-bond acceptors (Lipinski definition) is 5. The number of carbonyl (C=O) groups excluding carboxylic acids is 1. The van der Waals surface area contributed by atoms with Crippen LogP contribution in [0.1, 0.15) is 12.8 Å². The van der Waals surface area contributed by atoms with Gasteiger partial charge in [0.05, 0.1) is 12.6 Å². The normalized spacial score (nSPS) is 10.7. The first-order valence-corrected chi connectivity index (χ1v) is 7.15. The molecular formula is C14H15NO4S. The van der Waals surface area contributed by atoms with Crippen LogP contribution in [0.15, 0.2) is 34.0 Å². The largest absolute Gasteiger partial charge is 0.506 e. The summed E-state index contributed by atoms with van der Waals surface area (Å²) < 4.78 is 4.54. The Balaban J connectivity index is 2.14. The highest BCUT2D eigenvalue weighted by molar-refractivity contribution is 7.99. The summed E-state index contributed by atoms with van der Waals surface area (Å²) in [5, 5.41) is 10.8. The fourth-order valence-corrected chi connectivity index (χ4v) is 2.76. The van der Waals surface area contributed by atoms with Crippen molar-refractivity contribution in [3.63, 3.8) is 0 Å². The van der Waals surface area contributed by atoms with Gasteiger partial charge < -0.3 is 14.8 Å². The molecule has 0 saturated carbocycles. The fraction of sp³-hybridized carbons (Fsp3) is 0.286. The van der Waals surface area contributed by atoms with Crippen molar-refractivity contribution in [2.24, 2.45) is 0 Å². The molecule has 2 rings (SSSR count). The lowest BCUT2D eigenvalue weighted by molar-refractivity contribution is -0.140. The molecule has 20 heavy (non-hydrogen) atoms. The minimum absolute atomic E-state index is 0.00702. The van der Waals surface area contributed by atoms with Gasteiger partial charge in [-0.15, -0.1) is 11.8 Å². The summed E-state index contributed by atoms with van der Waals surface area (Å²) in [6.07, 6.45) is 0.888. The van der Waals surface area contributed by atoms with Gasteiger partial charge >= 0.3 is 5.97 Å². The van der Waals surface area contributed by atoms with Crippen molar-refractivity contribution in [2.45, 2.75) is 17.7 Å². The minimum Gasteiger partial charge on any atom is -0.506 e. The molecule has 2 aromatic rings. The lowest BCUT2D eigenvalue weighted by Gasteiger charge is -2.06. The van der Waals surface area contributed by atoms with E-state index >= 15 is 0 Å². The van der Waals surface area contributed by atoms with Gasteiger partial charge in [-0.25, -0.2) is 0 Å². The van der Waals surface area contributed by atoms with E-state index in [-0.39, 0.29) is 22.2 Å². The van der Waals surface area contributed by atoms with E-state index in [1.54, 1.807) is 24.3 Å². The van der Waals surface area contributed by atoms with E-state index in [1.807, 2.05) is 0 Å². The highest BCUT2D eigenvalue weighted by Gasteiger charge is 2.12. The van der Waals surface area contributed by atoms with Gasteiger partial charge in [-0.2, -0.15) is 0 Å². The number of carbonyl (C=O) groups is 1. The molecule has 6 heteroatoms. The van der Waals surface area contributed by atoms with Crippen molar-refractivity contribution in [1.82, 2.24) is 4.98 Å². The zero-order chi connectivity index (χ0) is 14.5. The van der Waals surface area contributed by atoms with Crippen LogP contribution in [-0.2, 0) is 9.53 Å². The number of fused-ring (bicyclic) bond motifs is 1. The Kier molecular flexibility index (Phi) is 4.68. The average Bonchev–Trinajstić information content (AvgIpc) is 2.46. The van der Waals surface area contributed by atoms with Gasteiger partial charge in [0.1, 0.15) is 10.6 Å². The van der Waals surface area contributed by atoms with Gasteiger partial charge in [0.2, 0.25) is 0 Å². The van der Waals surface area contributed by atoms with Gasteiger partial charge in [0, 0.05) is 11.8 Å². The zero-order valence-electron chi connectivity index (χ0n) is 11.0. The molecule has 0 unspecified atom stereocenters. The maximum absolute atomic E-state index is 11.9. The second-order valence-electron chi connectivity index (χ2n) is 4.21. The summed E-state index contributed by atoms with van der Waals surface area (Å²) in [7, 11) is 1.34. The van der Waals surface area contributed by atoms with Crippen molar-refractivity contribution in [2.75, 3.05) is 12.9 Å². The predicted octanol–water partition coefficient (Wildman–Crippen LogP) is 2.28. The molecule has 1 heterocycles.